The standard InChI is InChI=1S/C27H29ClN6O3/c1-18-5-4-6-20(15-18)17-34-23-24(30(2)27(37)31(3)25(23)36)29-26(34)33-13-11-32(12-14-33)22(35)16-19-7-9-21(28)10-8-19/h4-10,15H,11-14,16-17H2,1-3H3. The van der Waals surface area contributed by atoms with Crippen LogP contribution in [-0.2, 0) is 31.9 Å². The molecule has 0 atom stereocenters. The van der Waals surface area contributed by atoms with Gasteiger partial charge in [0.25, 0.3) is 5.56 Å². The number of aryl methyl sites for hydroxylation is 2. The summed E-state index contributed by atoms with van der Waals surface area (Å²) >= 11 is 5.96. The minimum absolute atomic E-state index is 0.0616. The number of aromatic nitrogens is 4. The summed E-state index contributed by atoms with van der Waals surface area (Å²) in [5, 5.41) is 0.644. The molecule has 0 N–H and O–H groups in total. The largest absolute Gasteiger partial charge is 0.339 e. The zero-order valence-corrected chi connectivity index (χ0v) is 21.9. The average Bonchev–Trinajstić information content (AvgIpc) is 3.27. The second-order valence-electron chi connectivity index (χ2n) is 9.54. The van der Waals surface area contributed by atoms with Gasteiger partial charge in [0, 0.05) is 45.3 Å². The first-order valence-electron chi connectivity index (χ1n) is 12.2. The van der Waals surface area contributed by atoms with Crippen LogP contribution >= 0.6 is 11.6 Å². The molecule has 0 unspecified atom stereocenters. The van der Waals surface area contributed by atoms with Gasteiger partial charge in [-0.25, -0.2) is 4.79 Å². The van der Waals surface area contributed by atoms with Gasteiger partial charge in [-0.15, -0.1) is 0 Å². The first-order chi connectivity index (χ1) is 17.7. The molecule has 37 heavy (non-hydrogen) atoms. The quantitative estimate of drug-likeness (QED) is 0.403. The topological polar surface area (TPSA) is 85.4 Å². The lowest BCUT2D eigenvalue weighted by Crippen LogP contribution is -2.50. The van der Waals surface area contributed by atoms with Crippen LogP contribution < -0.4 is 16.1 Å². The summed E-state index contributed by atoms with van der Waals surface area (Å²) in [6.07, 6.45) is 0.321. The van der Waals surface area contributed by atoms with E-state index in [9.17, 15) is 14.4 Å². The lowest BCUT2D eigenvalue weighted by atomic mass is 10.1. The van der Waals surface area contributed by atoms with E-state index in [0.29, 0.717) is 61.3 Å². The van der Waals surface area contributed by atoms with Crippen molar-refractivity contribution in [3.63, 3.8) is 0 Å². The fourth-order valence-electron chi connectivity index (χ4n) is 4.86. The van der Waals surface area contributed by atoms with E-state index < -0.39 is 5.69 Å². The Morgan fingerprint density at radius 2 is 1.65 bits per heavy atom. The van der Waals surface area contributed by atoms with Crippen LogP contribution in [0, 0.1) is 6.92 Å². The molecule has 2 aromatic carbocycles. The van der Waals surface area contributed by atoms with E-state index in [2.05, 4.69) is 11.0 Å². The number of carbonyl (C=O) groups is 1. The number of hydrogen-bond donors (Lipinski definition) is 0. The molecule has 5 rings (SSSR count). The van der Waals surface area contributed by atoms with Crippen molar-refractivity contribution in [3.8, 4) is 0 Å². The number of nitrogens with zero attached hydrogens (tertiary/aromatic N) is 6. The summed E-state index contributed by atoms with van der Waals surface area (Å²) in [6, 6.07) is 15.4. The van der Waals surface area contributed by atoms with Crippen LogP contribution in [0.15, 0.2) is 58.1 Å². The maximum Gasteiger partial charge on any atom is 0.332 e. The van der Waals surface area contributed by atoms with Crippen LogP contribution in [0.5, 0.6) is 0 Å². The van der Waals surface area contributed by atoms with E-state index in [0.717, 1.165) is 21.3 Å². The van der Waals surface area contributed by atoms with Gasteiger partial charge in [0.15, 0.2) is 11.2 Å². The van der Waals surface area contributed by atoms with Gasteiger partial charge < -0.3 is 9.80 Å². The first-order valence-corrected chi connectivity index (χ1v) is 12.6. The smallest absolute Gasteiger partial charge is 0.332 e. The number of benzene rings is 2. The fourth-order valence-corrected chi connectivity index (χ4v) is 4.99. The monoisotopic (exact) mass is 520 g/mol. The summed E-state index contributed by atoms with van der Waals surface area (Å²) in [5.74, 6) is 0.686. The Hall–Kier alpha value is -3.85. The minimum Gasteiger partial charge on any atom is -0.339 e. The van der Waals surface area contributed by atoms with Crippen molar-refractivity contribution in [2.45, 2.75) is 19.9 Å². The van der Waals surface area contributed by atoms with Crippen molar-refractivity contribution in [1.29, 1.82) is 0 Å². The third-order valence-corrected chi connectivity index (χ3v) is 7.19. The fraction of sp³-hybridized carbons (Fsp3) is 0.333. The first kappa shape index (κ1) is 24.8. The molecule has 2 aromatic heterocycles. The predicted octanol–water partition coefficient (Wildman–Crippen LogP) is 2.34. The van der Waals surface area contributed by atoms with Gasteiger partial charge in [0.2, 0.25) is 11.9 Å². The minimum atomic E-state index is -0.415. The van der Waals surface area contributed by atoms with Crippen LogP contribution in [0.4, 0.5) is 5.95 Å². The highest BCUT2D eigenvalue weighted by Crippen LogP contribution is 2.23. The third kappa shape index (κ3) is 4.79. The molecule has 0 spiro atoms. The van der Waals surface area contributed by atoms with Gasteiger partial charge >= 0.3 is 5.69 Å². The van der Waals surface area contributed by atoms with Gasteiger partial charge in [-0.05, 0) is 30.2 Å². The zero-order chi connectivity index (χ0) is 26.3. The molecule has 1 amide bonds. The van der Waals surface area contributed by atoms with Crippen LogP contribution in [0.25, 0.3) is 11.2 Å². The van der Waals surface area contributed by atoms with Crippen LogP contribution in [0.1, 0.15) is 16.7 Å². The van der Waals surface area contributed by atoms with Gasteiger partial charge in [0.1, 0.15) is 0 Å². The summed E-state index contributed by atoms with van der Waals surface area (Å²) in [5.41, 5.74) is 3.04. The highest BCUT2D eigenvalue weighted by molar-refractivity contribution is 6.30. The molecule has 1 aliphatic rings. The SMILES string of the molecule is Cc1cccc(Cn2c(N3CCN(C(=O)Cc4ccc(Cl)cc4)CC3)nc3c2c(=O)n(C)c(=O)n3C)c1. The highest BCUT2D eigenvalue weighted by Gasteiger charge is 2.27. The number of carbonyl (C=O) groups excluding carboxylic acids is 1. The van der Waals surface area contributed by atoms with E-state index in [1.165, 1.54) is 11.6 Å². The van der Waals surface area contributed by atoms with E-state index in [1.54, 1.807) is 19.2 Å². The van der Waals surface area contributed by atoms with Crippen molar-refractivity contribution in [2.75, 3.05) is 31.1 Å². The number of rotatable bonds is 5. The normalized spacial score (nSPS) is 13.9. The number of anilines is 1. The number of halogens is 1. The van der Waals surface area contributed by atoms with Gasteiger partial charge in [0.05, 0.1) is 13.0 Å². The number of amides is 1. The summed E-state index contributed by atoms with van der Waals surface area (Å²) in [4.78, 5) is 47.5. The molecule has 1 aliphatic heterocycles. The Labute approximate surface area is 219 Å². The Morgan fingerprint density at radius 3 is 2.32 bits per heavy atom. The Morgan fingerprint density at radius 1 is 0.946 bits per heavy atom. The number of fused-ring (bicyclic) bond motifs is 1. The van der Waals surface area contributed by atoms with Crippen molar-refractivity contribution in [3.05, 3.63) is 91.1 Å². The van der Waals surface area contributed by atoms with Crippen molar-refractivity contribution in [2.24, 2.45) is 14.1 Å². The average molecular weight is 521 g/mol. The summed E-state index contributed by atoms with van der Waals surface area (Å²) < 4.78 is 4.43. The molecule has 3 heterocycles. The molecule has 0 radical (unpaired) electrons. The number of piperazine rings is 1. The molecular weight excluding hydrogens is 492 g/mol. The summed E-state index contributed by atoms with van der Waals surface area (Å²) in [7, 11) is 3.12. The molecule has 0 saturated carbocycles. The highest BCUT2D eigenvalue weighted by atomic mass is 35.5. The van der Waals surface area contributed by atoms with Gasteiger partial charge in [-0.1, -0.05) is 53.6 Å². The molecule has 0 bridgehead atoms. The lowest BCUT2D eigenvalue weighted by Gasteiger charge is -2.35. The second kappa shape index (κ2) is 9.89. The predicted molar refractivity (Wildman–Crippen MR) is 144 cm³/mol. The van der Waals surface area contributed by atoms with E-state index in [4.69, 9.17) is 16.6 Å². The second-order valence-corrected chi connectivity index (χ2v) is 9.97. The molecule has 9 nitrogen and oxygen atoms in total. The number of hydrogen-bond acceptors (Lipinski definition) is 5. The zero-order valence-electron chi connectivity index (χ0n) is 21.1. The Balaban J connectivity index is 1.45. The van der Waals surface area contributed by atoms with Crippen molar-refractivity contribution < 1.29 is 4.79 Å². The van der Waals surface area contributed by atoms with Crippen molar-refractivity contribution >= 4 is 34.6 Å². The summed E-state index contributed by atoms with van der Waals surface area (Å²) in [6.45, 7) is 4.68. The molecule has 10 heteroatoms. The van der Waals surface area contributed by atoms with E-state index in [1.807, 2.05) is 46.7 Å². The lowest BCUT2D eigenvalue weighted by molar-refractivity contribution is -0.130. The van der Waals surface area contributed by atoms with Crippen molar-refractivity contribution in [1.82, 2.24) is 23.6 Å². The molecule has 1 fully saturated rings. The maximum atomic E-state index is 13.2. The Kier molecular flexibility index (Phi) is 6.64. The van der Waals surface area contributed by atoms with Crippen LogP contribution in [-0.4, -0.2) is 55.7 Å². The van der Waals surface area contributed by atoms with E-state index in [-0.39, 0.29) is 11.5 Å². The number of imidazole rings is 1. The molecule has 1 saturated heterocycles. The van der Waals surface area contributed by atoms with Crippen LogP contribution in [0.2, 0.25) is 5.02 Å². The molecular formula is C27H29ClN6O3. The van der Waals surface area contributed by atoms with Crippen LogP contribution in [0.3, 0.4) is 0 Å². The molecule has 0 aliphatic carbocycles. The Bertz CT molecular complexity index is 1590. The van der Waals surface area contributed by atoms with Gasteiger partial charge in [-0.3, -0.25) is 23.3 Å². The molecule has 4 aromatic rings. The van der Waals surface area contributed by atoms with Gasteiger partial charge in [-0.2, -0.15) is 4.98 Å². The maximum absolute atomic E-state index is 13.2. The third-order valence-electron chi connectivity index (χ3n) is 6.93. The molecule has 192 valence electrons. The van der Waals surface area contributed by atoms with E-state index >= 15 is 0 Å².